The minimum atomic E-state index is -0.336. The van der Waals surface area contributed by atoms with Crippen LogP contribution in [0, 0.1) is 16.0 Å². The van der Waals surface area contributed by atoms with Crippen molar-refractivity contribution in [3.8, 4) is 0 Å². The molecule has 1 aliphatic rings. The van der Waals surface area contributed by atoms with Crippen LogP contribution in [0.5, 0.6) is 0 Å². The summed E-state index contributed by atoms with van der Waals surface area (Å²) in [6.45, 7) is 6.04. The summed E-state index contributed by atoms with van der Waals surface area (Å²) in [6, 6.07) is 3.34. The van der Waals surface area contributed by atoms with Gasteiger partial charge in [-0.25, -0.2) is 4.98 Å². The molecule has 1 aromatic heterocycles. The molecular weight excluding hydrogens is 262 g/mol. The highest BCUT2D eigenvalue weighted by molar-refractivity contribution is 7.99. The van der Waals surface area contributed by atoms with Crippen LogP contribution >= 0.6 is 11.8 Å². The van der Waals surface area contributed by atoms with E-state index in [0.29, 0.717) is 11.7 Å². The van der Waals surface area contributed by atoms with Gasteiger partial charge in [-0.05, 0) is 24.8 Å². The molecule has 104 valence electrons. The average molecular weight is 281 g/mol. The minimum Gasteiger partial charge on any atom is -0.351 e. The van der Waals surface area contributed by atoms with Gasteiger partial charge in [0.2, 0.25) is 5.82 Å². The van der Waals surface area contributed by atoms with Gasteiger partial charge >= 0.3 is 5.69 Å². The molecule has 2 rings (SSSR count). The van der Waals surface area contributed by atoms with Crippen LogP contribution in [0.25, 0.3) is 0 Å². The fourth-order valence-electron chi connectivity index (χ4n) is 2.06. The molecule has 0 aromatic carbocycles. The van der Waals surface area contributed by atoms with Gasteiger partial charge in [0, 0.05) is 24.9 Å². The summed E-state index contributed by atoms with van der Waals surface area (Å²) in [4.78, 5) is 17.3. The fourth-order valence-corrected chi connectivity index (χ4v) is 2.88. The molecule has 1 saturated heterocycles. The van der Waals surface area contributed by atoms with Crippen LogP contribution in [0.15, 0.2) is 17.2 Å². The van der Waals surface area contributed by atoms with Crippen molar-refractivity contribution in [2.75, 3.05) is 23.7 Å². The number of anilines is 1. The number of pyridine rings is 1. The predicted octanol–water partition coefficient (Wildman–Crippen LogP) is 3.34. The first-order chi connectivity index (χ1) is 9.08. The number of nitrogens with zero attached hydrogens (tertiary/aromatic N) is 3. The van der Waals surface area contributed by atoms with E-state index in [9.17, 15) is 10.1 Å². The van der Waals surface area contributed by atoms with Gasteiger partial charge in [0.1, 0.15) is 0 Å². The van der Waals surface area contributed by atoms with Crippen molar-refractivity contribution in [1.29, 1.82) is 0 Å². The van der Waals surface area contributed by atoms with Gasteiger partial charge in [-0.3, -0.25) is 10.1 Å². The van der Waals surface area contributed by atoms with Gasteiger partial charge in [0.15, 0.2) is 0 Å². The Morgan fingerprint density at radius 1 is 1.42 bits per heavy atom. The Kier molecular flexibility index (Phi) is 4.63. The summed E-state index contributed by atoms with van der Waals surface area (Å²) in [5, 5.41) is 12.0. The summed E-state index contributed by atoms with van der Waals surface area (Å²) >= 11 is 1.66. The summed E-state index contributed by atoms with van der Waals surface area (Å²) in [7, 11) is 0. The lowest BCUT2D eigenvalue weighted by atomic mass is 10.3. The summed E-state index contributed by atoms with van der Waals surface area (Å²) in [5.41, 5.74) is 0.121. The van der Waals surface area contributed by atoms with E-state index in [4.69, 9.17) is 0 Å². The lowest BCUT2D eigenvalue weighted by molar-refractivity contribution is -0.384. The van der Waals surface area contributed by atoms with Gasteiger partial charge in [0.05, 0.1) is 9.95 Å². The molecular formula is C13H19N3O2S. The molecule has 1 aliphatic heterocycles. The largest absolute Gasteiger partial charge is 0.351 e. The summed E-state index contributed by atoms with van der Waals surface area (Å²) in [6.07, 6.45) is 2.17. The van der Waals surface area contributed by atoms with Crippen molar-refractivity contribution in [3.63, 3.8) is 0 Å². The van der Waals surface area contributed by atoms with Crippen molar-refractivity contribution in [1.82, 2.24) is 4.98 Å². The molecule has 0 unspecified atom stereocenters. The zero-order valence-electron chi connectivity index (χ0n) is 11.3. The van der Waals surface area contributed by atoms with E-state index in [1.165, 1.54) is 0 Å². The minimum absolute atomic E-state index is 0.121. The second-order valence-corrected chi connectivity index (χ2v) is 6.19. The number of aromatic nitrogens is 1. The van der Waals surface area contributed by atoms with Gasteiger partial charge in [-0.1, -0.05) is 13.8 Å². The van der Waals surface area contributed by atoms with Crippen LogP contribution in [-0.2, 0) is 0 Å². The van der Waals surface area contributed by atoms with Gasteiger partial charge in [-0.2, -0.15) is 0 Å². The van der Waals surface area contributed by atoms with Crippen molar-refractivity contribution in [3.05, 3.63) is 22.2 Å². The molecule has 19 heavy (non-hydrogen) atoms. The van der Waals surface area contributed by atoms with Gasteiger partial charge in [-0.15, -0.1) is 11.8 Å². The molecule has 2 heterocycles. The van der Waals surface area contributed by atoms with Crippen molar-refractivity contribution < 1.29 is 4.92 Å². The van der Waals surface area contributed by atoms with Crippen LogP contribution in [0.4, 0.5) is 11.5 Å². The van der Waals surface area contributed by atoms with E-state index in [2.05, 4.69) is 18.8 Å². The zero-order valence-corrected chi connectivity index (χ0v) is 12.2. The lowest BCUT2D eigenvalue weighted by Crippen LogP contribution is -2.20. The molecule has 0 bridgehead atoms. The molecule has 5 nitrogen and oxygen atoms in total. The topological polar surface area (TPSA) is 59.3 Å². The molecule has 1 aromatic rings. The highest BCUT2D eigenvalue weighted by Crippen LogP contribution is 2.31. The lowest BCUT2D eigenvalue weighted by Gasteiger charge is -2.17. The Labute approximate surface area is 117 Å². The Morgan fingerprint density at radius 3 is 2.68 bits per heavy atom. The van der Waals surface area contributed by atoms with Crippen molar-refractivity contribution >= 4 is 23.3 Å². The Bertz CT molecular complexity index is 459. The van der Waals surface area contributed by atoms with Crippen LogP contribution in [0.1, 0.15) is 26.7 Å². The van der Waals surface area contributed by atoms with E-state index >= 15 is 0 Å². The number of rotatable bonds is 5. The van der Waals surface area contributed by atoms with Crippen LogP contribution in [-0.4, -0.2) is 28.7 Å². The molecule has 0 amide bonds. The first kappa shape index (κ1) is 14.1. The SMILES string of the molecule is CC(C)CSc1ccc([N+](=O)[O-])c(N2CCCC2)n1. The third-order valence-corrected chi connectivity index (χ3v) is 4.35. The molecule has 0 N–H and O–H groups in total. The first-order valence-corrected chi connectivity index (χ1v) is 7.59. The van der Waals surface area contributed by atoms with Crippen LogP contribution < -0.4 is 4.90 Å². The maximum absolute atomic E-state index is 11.1. The molecule has 0 atom stereocenters. The van der Waals surface area contributed by atoms with Crippen LogP contribution in [0.3, 0.4) is 0 Å². The van der Waals surface area contributed by atoms with Gasteiger partial charge in [0.25, 0.3) is 0 Å². The maximum Gasteiger partial charge on any atom is 0.311 e. The summed E-state index contributed by atoms with van der Waals surface area (Å²) < 4.78 is 0. The Hall–Kier alpha value is -1.30. The van der Waals surface area contributed by atoms with E-state index in [1.54, 1.807) is 23.9 Å². The van der Waals surface area contributed by atoms with Crippen molar-refractivity contribution in [2.24, 2.45) is 5.92 Å². The quantitative estimate of drug-likeness (QED) is 0.470. The molecule has 0 radical (unpaired) electrons. The molecule has 6 heteroatoms. The molecule has 0 saturated carbocycles. The third-order valence-electron chi connectivity index (χ3n) is 3.00. The normalized spacial score (nSPS) is 15.2. The highest BCUT2D eigenvalue weighted by Gasteiger charge is 2.24. The van der Waals surface area contributed by atoms with E-state index in [-0.39, 0.29) is 10.6 Å². The average Bonchev–Trinajstić information content (AvgIpc) is 2.89. The number of thioether (sulfide) groups is 1. The number of hydrogen-bond acceptors (Lipinski definition) is 5. The predicted molar refractivity (Wildman–Crippen MR) is 77.9 cm³/mol. The number of hydrogen-bond donors (Lipinski definition) is 0. The monoisotopic (exact) mass is 281 g/mol. The van der Waals surface area contributed by atoms with E-state index in [1.807, 2.05) is 4.90 Å². The van der Waals surface area contributed by atoms with Crippen LogP contribution in [0.2, 0.25) is 0 Å². The Balaban J connectivity index is 2.24. The van der Waals surface area contributed by atoms with Gasteiger partial charge < -0.3 is 4.90 Å². The second-order valence-electron chi connectivity index (χ2n) is 5.15. The smallest absolute Gasteiger partial charge is 0.311 e. The molecule has 0 aliphatic carbocycles. The highest BCUT2D eigenvalue weighted by atomic mass is 32.2. The number of nitro groups is 1. The second kappa shape index (κ2) is 6.23. The van der Waals surface area contributed by atoms with E-state index in [0.717, 1.165) is 36.7 Å². The molecule has 0 spiro atoms. The Morgan fingerprint density at radius 2 is 2.11 bits per heavy atom. The maximum atomic E-state index is 11.1. The fraction of sp³-hybridized carbons (Fsp3) is 0.615. The van der Waals surface area contributed by atoms with Crippen molar-refractivity contribution in [2.45, 2.75) is 31.7 Å². The third kappa shape index (κ3) is 3.59. The zero-order chi connectivity index (χ0) is 13.8. The first-order valence-electron chi connectivity index (χ1n) is 6.61. The summed E-state index contributed by atoms with van der Waals surface area (Å²) in [5.74, 6) is 2.10. The van der Waals surface area contributed by atoms with E-state index < -0.39 is 0 Å². The standard InChI is InChI=1S/C13H19N3O2S/c1-10(2)9-19-12-6-5-11(16(17)18)13(14-12)15-7-3-4-8-15/h5-6,10H,3-4,7-9H2,1-2H3. The molecule has 1 fully saturated rings.